The molecule has 0 aliphatic rings. The van der Waals surface area contributed by atoms with Crippen molar-refractivity contribution in [3.63, 3.8) is 0 Å². The van der Waals surface area contributed by atoms with Crippen LogP contribution in [-0.2, 0) is 16.0 Å². The Hall–Kier alpha value is -2.24. The number of alkyl halides is 2. The summed E-state index contributed by atoms with van der Waals surface area (Å²) in [6.07, 6.45) is 1.89. The number of halogens is 2. The van der Waals surface area contributed by atoms with E-state index in [9.17, 15) is 18.4 Å². The van der Waals surface area contributed by atoms with Crippen LogP contribution in [0.25, 0.3) is 6.08 Å². The predicted molar refractivity (Wildman–Crippen MR) is 64.1 cm³/mol. The third-order valence-electron chi connectivity index (χ3n) is 2.18. The number of ether oxygens (including phenoxy) is 1. The van der Waals surface area contributed by atoms with Crippen molar-refractivity contribution in [3.8, 4) is 5.75 Å². The molecule has 0 spiro atoms. The van der Waals surface area contributed by atoms with Gasteiger partial charge in [-0.2, -0.15) is 8.78 Å². The van der Waals surface area contributed by atoms with Crippen LogP contribution < -0.4 is 4.74 Å². The van der Waals surface area contributed by atoms with E-state index in [4.69, 9.17) is 5.11 Å². The monoisotopic (exact) mass is 270 g/mol. The van der Waals surface area contributed by atoms with E-state index in [0.717, 1.165) is 12.2 Å². The molecule has 1 aromatic carbocycles. The highest BCUT2D eigenvalue weighted by molar-refractivity contribution is 5.86. The average Bonchev–Trinajstić information content (AvgIpc) is 2.28. The topological polar surface area (TPSA) is 63.6 Å². The van der Waals surface area contributed by atoms with Crippen molar-refractivity contribution < 1.29 is 28.2 Å². The molecule has 0 heterocycles. The van der Waals surface area contributed by atoms with Crippen molar-refractivity contribution >= 4 is 17.8 Å². The first-order valence-electron chi connectivity index (χ1n) is 5.37. The fraction of sp³-hybridized carbons (Fsp3) is 0.231. The van der Waals surface area contributed by atoms with E-state index >= 15 is 0 Å². The number of hydrogen-bond donors (Lipinski definition) is 1. The number of carboxylic acids is 1. The maximum atomic E-state index is 12.4. The lowest BCUT2D eigenvalue weighted by molar-refractivity contribution is -0.131. The zero-order chi connectivity index (χ0) is 14.4. The van der Waals surface area contributed by atoms with Gasteiger partial charge in [0.15, 0.2) is 0 Å². The number of ketones is 1. The van der Waals surface area contributed by atoms with Gasteiger partial charge in [0, 0.05) is 23.6 Å². The van der Waals surface area contributed by atoms with E-state index in [1.165, 1.54) is 25.1 Å². The molecule has 102 valence electrons. The number of carbonyl (C=O) groups is 2. The number of aliphatic carboxylic acids is 1. The molecule has 6 heteroatoms. The van der Waals surface area contributed by atoms with Gasteiger partial charge in [-0.15, -0.1) is 0 Å². The van der Waals surface area contributed by atoms with Crippen LogP contribution in [0.5, 0.6) is 5.75 Å². The summed E-state index contributed by atoms with van der Waals surface area (Å²) in [6.45, 7) is -1.73. The molecule has 0 saturated carbocycles. The molecule has 0 unspecified atom stereocenters. The maximum Gasteiger partial charge on any atom is 0.387 e. The van der Waals surface area contributed by atoms with Gasteiger partial charge in [-0.1, -0.05) is 18.2 Å². The predicted octanol–water partition coefficient (Wildman–Crippen LogP) is 2.52. The third-order valence-corrected chi connectivity index (χ3v) is 2.18. The number of Topliss-reactive ketones (excluding diaryl/α,β-unsaturated/α-hetero) is 1. The standard InChI is InChI=1S/C13H12F2O4/c1-8(16)7-10-4-2-3-9(5-6-11(17)18)12(10)19-13(14)15/h2-6,13H,7H2,1H3,(H,17,18)/b6-5+. The normalized spacial score (nSPS) is 10.9. The summed E-state index contributed by atoms with van der Waals surface area (Å²) in [5, 5.41) is 8.53. The van der Waals surface area contributed by atoms with E-state index in [0.29, 0.717) is 5.56 Å². The lowest BCUT2D eigenvalue weighted by Gasteiger charge is -2.12. The molecule has 19 heavy (non-hydrogen) atoms. The van der Waals surface area contributed by atoms with Gasteiger partial charge in [0.05, 0.1) is 0 Å². The molecule has 0 aromatic heterocycles. The molecular formula is C13H12F2O4. The molecule has 1 N–H and O–H groups in total. The molecule has 0 fully saturated rings. The lowest BCUT2D eigenvalue weighted by Crippen LogP contribution is -2.08. The third kappa shape index (κ3) is 4.87. The minimum atomic E-state index is -3.05. The SMILES string of the molecule is CC(=O)Cc1cccc(/C=C/C(=O)O)c1OC(F)F. The van der Waals surface area contributed by atoms with Crippen molar-refractivity contribution in [1.29, 1.82) is 0 Å². The Morgan fingerprint density at radius 2 is 2.11 bits per heavy atom. The van der Waals surface area contributed by atoms with Crippen LogP contribution in [-0.4, -0.2) is 23.5 Å². The summed E-state index contributed by atoms with van der Waals surface area (Å²) >= 11 is 0. The van der Waals surface area contributed by atoms with E-state index in [1.54, 1.807) is 0 Å². The van der Waals surface area contributed by atoms with Gasteiger partial charge in [-0.25, -0.2) is 4.79 Å². The second-order valence-electron chi connectivity index (χ2n) is 3.76. The zero-order valence-electron chi connectivity index (χ0n) is 10.1. The van der Waals surface area contributed by atoms with Gasteiger partial charge in [-0.05, 0) is 13.0 Å². The molecule has 0 saturated heterocycles. The summed E-state index contributed by atoms with van der Waals surface area (Å²) in [7, 11) is 0. The Bertz CT molecular complexity index is 509. The molecule has 0 radical (unpaired) electrons. The summed E-state index contributed by atoms with van der Waals surface area (Å²) in [6, 6.07) is 4.45. The van der Waals surface area contributed by atoms with Gasteiger partial charge < -0.3 is 9.84 Å². The van der Waals surface area contributed by atoms with E-state index in [-0.39, 0.29) is 23.5 Å². The second kappa shape index (κ2) is 6.63. The Morgan fingerprint density at radius 3 is 2.63 bits per heavy atom. The van der Waals surface area contributed by atoms with Gasteiger partial charge >= 0.3 is 12.6 Å². The van der Waals surface area contributed by atoms with Crippen LogP contribution in [0.1, 0.15) is 18.1 Å². The quantitative estimate of drug-likeness (QED) is 0.807. The molecule has 0 aliphatic heterocycles. The number of benzene rings is 1. The van der Waals surface area contributed by atoms with Crippen molar-refractivity contribution in [3.05, 3.63) is 35.4 Å². The highest BCUT2D eigenvalue weighted by atomic mass is 19.3. The summed E-state index contributed by atoms with van der Waals surface area (Å²) in [5.74, 6) is -1.59. The molecule has 0 bridgehead atoms. The number of carbonyl (C=O) groups excluding carboxylic acids is 1. The molecule has 1 aromatic rings. The first-order chi connectivity index (χ1) is 8.90. The summed E-state index contributed by atoms with van der Waals surface area (Å²) in [5.41, 5.74) is 0.474. The molecule has 0 amide bonds. The Kier molecular flexibility index (Phi) is 5.17. The minimum Gasteiger partial charge on any atom is -0.478 e. The van der Waals surface area contributed by atoms with Gasteiger partial charge in [0.25, 0.3) is 0 Å². The summed E-state index contributed by atoms with van der Waals surface area (Å²) in [4.78, 5) is 21.5. The van der Waals surface area contributed by atoms with Crippen LogP contribution in [0.4, 0.5) is 8.78 Å². The van der Waals surface area contributed by atoms with Crippen molar-refractivity contribution in [1.82, 2.24) is 0 Å². The van der Waals surface area contributed by atoms with Crippen LogP contribution in [0.3, 0.4) is 0 Å². The van der Waals surface area contributed by atoms with Crippen molar-refractivity contribution in [2.24, 2.45) is 0 Å². The maximum absolute atomic E-state index is 12.4. The van der Waals surface area contributed by atoms with E-state index in [1.807, 2.05) is 0 Å². The molecule has 0 aliphatic carbocycles. The second-order valence-corrected chi connectivity index (χ2v) is 3.76. The first-order valence-corrected chi connectivity index (χ1v) is 5.37. The number of hydrogen-bond acceptors (Lipinski definition) is 3. The number of carboxylic acid groups (broad SMARTS) is 1. The van der Waals surface area contributed by atoms with Crippen LogP contribution in [0, 0.1) is 0 Å². The highest BCUT2D eigenvalue weighted by Gasteiger charge is 2.14. The fourth-order valence-corrected chi connectivity index (χ4v) is 1.54. The van der Waals surface area contributed by atoms with E-state index < -0.39 is 12.6 Å². The fourth-order valence-electron chi connectivity index (χ4n) is 1.54. The van der Waals surface area contributed by atoms with Crippen LogP contribution >= 0.6 is 0 Å². The van der Waals surface area contributed by atoms with Crippen molar-refractivity contribution in [2.45, 2.75) is 20.0 Å². The average molecular weight is 270 g/mol. The molecular weight excluding hydrogens is 258 g/mol. The van der Waals surface area contributed by atoms with E-state index in [2.05, 4.69) is 4.74 Å². The van der Waals surface area contributed by atoms with Crippen molar-refractivity contribution in [2.75, 3.05) is 0 Å². The lowest BCUT2D eigenvalue weighted by atomic mass is 10.0. The smallest absolute Gasteiger partial charge is 0.387 e. The Morgan fingerprint density at radius 1 is 1.42 bits per heavy atom. The van der Waals surface area contributed by atoms with Gasteiger partial charge in [-0.3, -0.25) is 4.79 Å². The summed E-state index contributed by atoms with van der Waals surface area (Å²) < 4.78 is 29.1. The molecule has 1 rings (SSSR count). The number of para-hydroxylation sites is 1. The van der Waals surface area contributed by atoms with Gasteiger partial charge in [0.2, 0.25) is 0 Å². The zero-order valence-corrected chi connectivity index (χ0v) is 10.1. The highest BCUT2D eigenvalue weighted by Crippen LogP contribution is 2.27. The molecule has 0 atom stereocenters. The largest absolute Gasteiger partial charge is 0.478 e. The number of rotatable bonds is 6. The van der Waals surface area contributed by atoms with Crippen LogP contribution in [0.2, 0.25) is 0 Å². The Labute approximate surface area is 108 Å². The first kappa shape index (κ1) is 14.8. The Balaban J connectivity index is 3.20. The molecule has 4 nitrogen and oxygen atoms in total. The minimum absolute atomic E-state index is 0.0587. The van der Waals surface area contributed by atoms with Crippen LogP contribution in [0.15, 0.2) is 24.3 Å². The van der Waals surface area contributed by atoms with Gasteiger partial charge in [0.1, 0.15) is 11.5 Å².